The van der Waals surface area contributed by atoms with E-state index < -0.39 is 0 Å². The van der Waals surface area contributed by atoms with Gasteiger partial charge in [0.05, 0.1) is 5.69 Å². The number of likely N-dealkylation sites (N-methyl/N-ethyl adjacent to an activating group) is 1. The smallest absolute Gasteiger partial charge is 0.146 e. The molecule has 3 heteroatoms. The summed E-state index contributed by atoms with van der Waals surface area (Å²) in [5.41, 5.74) is 6.32. The van der Waals surface area contributed by atoms with Gasteiger partial charge in [-0.1, -0.05) is 12.1 Å². The summed E-state index contributed by atoms with van der Waals surface area (Å²) < 4.78 is 13.4. The molecule has 1 rings (SSSR count). The number of nitrogens with zero attached hydrogens (tertiary/aromatic N) is 1. The van der Waals surface area contributed by atoms with Crippen molar-refractivity contribution in [1.82, 2.24) is 0 Å². The zero-order chi connectivity index (χ0) is 10.6. The summed E-state index contributed by atoms with van der Waals surface area (Å²) in [7, 11) is 0. The highest BCUT2D eigenvalue weighted by molar-refractivity contribution is 5.47. The van der Waals surface area contributed by atoms with E-state index in [0.717, 1.165) is 6.54 Å². The van der Waals surface area contributed by atoms with E-state index in [0.29, 0.717) is 12.2 Å². The van der Waals surface area contributed by atoms with Crippen LogP contribution in [0.3, 0.4) is 0 Å². The molecule has 0 saturated heterocycles. The van der Waals surface area contributed by atoms with Crippen molar-refractivity contribution in [2.75, 3.05) is 18.0 Å². The average Bonchev–Trinajstić information content (AvgIpc) is 2.15. The van der Waals surface area contributed by atoms with Crippen LogP contribution < -0.4 is 10.6 Å². The van der Waals surface area contributed by atoms with Gasteiger partial charge in [-0.05, 0) is 26.0 Å². The summed E-state index contributed by atoms with van der Waals surface area (Å²) in [5, 5.41) is 0. The average molecular weight is 196 g/mol. The lowest BCUT2D eigenvalue weighted by Gasteiger charge is -2.25. The van der Waals surface area contributed by atoms with Crippen LogP contribution in [-0.4, -0.2) is 19.1 Å². The second-order valence-electron chi connectivity index (χ2n) is 3.47. The molecule has 1 aromatic rings. The Morgan fingerprint density at radius 2 is 2.07 bits per heavy atom. The summed E-state index contributed by atoms with van der Waals surface area (Å²) in [4.78, 5) is 1.94. The molecule has 0 aliphatic carbocycles. The maximum atomic E-state index is 13.4. The van der Waals surface area contributed by atoms with Crippen molar-refractivity contribution in [2.24, 2.45) is 5.73 Å². The number of benzene rings is 1. The van der Waals surface area contributed by atoms with Gasteiger partial charge in [-0.2, -0.15) is 0 Å². The Bertz CT molecular complexity index is 286. The monoisotopic (exact) mass is 196 g/mol. The summed E-state index contributed by atoms with van der Waals surface area (Å²) in [5.74, 6) is -0.185. The van der Waals surface area contributed by atoms with Crippen molar-refractivity contribution in [1.29, 1.82) is 0 Å². The van der Waals surface area contributed by atoms with Crippen molar-refractivity contribution in [3.05, 3.63) is 30.1 Å². The number of hydrogen-bond acceptors (Lipinski definition) is 2. The van der Waals surface area contributed by atoms with Crippen molar-refractivity contribution >= 4 is 5.69 Å². The summed E-state index contributed by atoms with van der Waals surface area (Å²) in [6, 6.07) is 6.83. The third-order valence-corrected chi connectivity index (χ3v) is 2.08. The van der Waals surface area contributed by atoms with Gasteiger partial charge in [0, 0.05) is 19.1 Å². The van der Waals surface area contributed by atoms with Gasteiger partial charge in [-0.15, -0.1) is 0 Å². The summed E-state index contributed by atoms with van der Waals surface area (Å²) >= 11 is 0. The first-order valence-corrected chi connectivity index (χ1v) is 4.90. The van der Waals surface area contributed by atoms with Crippen molar-refractivity contribution in [3.8, 4) is 0 Å². The zero-order valence-corrected chi connectivity index (χ0v) is 8.70. The number of para-hydroxylation sites is 1. The van der Waals surface area contributed by atoms with Crippen LogP contribution in [0.4, 0.5) is 10.1 Å². The van der Waals surface area contributed by atoms with Crippen LogP contribution in [0.2, 0.25) is 0 Å². The van der Waals surface area contributed by atoms with Crippen LogP contribution >= 0.6 is 0 Å². The Hall–Kier alpha value is -1.09. The maximum absolute atomic E-state index is 13.4. The van der Waals surface area contributed by atoms with Crippen LogP contribution in [0.1, 0.15) is 13.8 Å². The summed E-state index contributed by atoms with van der Waals surface area (Å²) in [6.07, 6.45) is 0. The van der Waals surface area contributed by atoms with Crippen molar-refractivity contribution < 1.29 is 4.39 Å². The minimum absolute atomic E-state index is 0.0505. The van der Waals surface area contributed by atoms with E-state index in [1.807, 2.05) is 24.8 Å². The van der Waals surface area contributed by atoms with Gasteiger partial charge in [0.1, 0.15) is 5.82 Å². The molecule has 0 unspecified atom stereocenters. The minimum atomic E-state index is -0.185. The molecular weight excluding hydrogens is 179 g/mol. The molecule has 0 radical (unpaired) electrons. The van der Waals surface area contributed by atoms with Gasteiger partial charge in [0.15, 0.2) is 0 Å². The lowest BCUT2D eigenvalue weighted by molar-refractivity contribution is 0.609. The molecule has 0 fully saturated rings. The molecule has 0 spiro atoms. The minimum Gasteiger partial charge on any atom is -0.368 e. The SMILES string of the molecule is CCN(C[C@@H](C)N)c1ccccc1F. The quantitative estimate of drug-likeness (QED) is 0.798. The predicted octanol–water partition coefficient (Wildman–Crippen LogP) is 2.00. The second-order valence-corrected chi connectivity index (χ2v) is 3.47. The van der Waals surface area contributed by atoms with E-state index in [9.17, 15) is 4.39 Å². The Morgan fingerprint density at radius 1 is 1.43 bits per heavy atom. The molecule has 2 nitrogen and oxygen atoms in total. The molecule has 0 heterocycles. The normalized spacial score (nSPS) is 12.6. The van der Waals surface area contributed by atoms with Gasteiger partial charge < -0.3 is 10.6 Å². The lowest BCUT2D eigenvalue weighted by atomic mass is 10.2. The molecule has 0 saturated carbocycles. The first kappa shape index (κ1) is 11.0. The zero-order valence-electron chi connectivity index (χ0n) is 8.70. The highest BCUT2D eigenvalue weighted by Crippen LogP contribution is 2.18. The molecule has 0 amide bonds. The standard InChI is InChI=1S/C11H17FN2/c1-3-14(8-9(2)13)11-7-5-4-6-10(11)12/h4-7,9H,3,8,13H2,1-2H3/t9-/m1/s1. The Balaban J connectivity index is 2.83. The Kier molecular flexibility index (Phi) is 3.89. The Labute approximate surface area is 84.5 Å². The molecule has 14 heavy (non-hydrogen) atoms. The van der Waals surface area contributed by atoms with E-state index in [1.165, 1.54) is 6.07 Å². The number of rotatable bonds is 4. The highest BCUT2D eigenvalue weighted by atomic mass is 19.1. The number of halogens is 1. The molecule has 0 aromatic heterocycles. The first-order valence-electron chi connectivity index (χ1n) is 4.90. The van der Waals surface area contributed by atoms with Gasteiger partial charge in [0.2, 0.25) is 0 Å². The fourth-order valence-electron chi connectivity index (χ4n) is 1.45. The lowest BCUT2D eigenvalue weighted by Crippen LogP contribution is -2.35. The number of anilines is 1. The van der Waals surface area contributed by atoms with Crippen LogP contribution in [0, 0.1) is 5.82 Å². The third-order valence-electron chi connectivity index (χ3n) is 2.08. The van der Waals surface area contributed by atoms with Crippen molar-refractivity contribution in [3.63, 3.8) is 0 Å². The third kappa shape index (κ3) is 2.70. The number of hydrogen-bond donors (Lipinski definition) is 1. The molecule has 0 bridgehead atoms. The molecule has 78 valence electrons. The largest absolute Gasteiger partial charge is 0.368 e. The second kappa shape index (κ2) is 4.96. The molecule has 0 aliphatic rings. The highest BCUT2D eigenvalue weighted by Gasteiger charge is 2.10. The van der Waals surface area contributed by atoms with Crippen LogP contribution in [0.25, 0.3) is 0 Å². The maximum Gasteiger partial charge on any atom is 0.146 e. The Morgan fingerprint density at radius 3 is 2.57 bits per heavy atom. The van der Waals surface area contributed by atoms with Gasteiger partial charge >= 0.3 is 0 Å². The fourth-order valence-corrected chi connectivity index (χ4v) is 1.45. The number of nitrogens with two attached hydrogens (primary N) is 1. The van der Waals surface area contributed by atoms with Crippen LogP contribution in [-0.2, 0) is 0 Å². The predicted molar refractivity (Wildman–Crippen MR) is 57.9 cm³/mol. The van der Waals surface area contributed by atoms with E-state index in [1.54, 1.807) is 12.1 Å². The van der Waals surface area contributed by atoms with E-state index >= 15 is 0 Å². The van der Waals surface area contributed by atoms with Crippen LogP contribution in [0.15, 0.2) is 24.3 Å². The van der Waals surface area contributed by atoms with Gasteiger partial charge in [-0.3, -0.25) is 0 Å². The van der Waals surface area contributed by atoms with E-state index in [-0.39, 0.29) is 11.9 Å². The molecule has 2 N–H and O–H groups in total. The molecule has 0 aliphatic heterocycles. The van der Waals surface area contributed by atoms with Gasteiger partial charge in [0.25, 0.3) is 0 Å². The van der Waals surface area contributed by atoms with Crippen LogP contribution in [0.5, 0.6) is 0 Å². The first-order chi connectivity index (χ1) is 6.65. The summed E-state index contributed by atoms with van der Waals surface area (Å²) in [6.45, 7) is 5.36. The topological polar surface area (TPSA) is 29.3 Å². The van der Waals surface area contributed by atoms with E-state index in [2.05, 4.69) is 0 Å². The van der Waals surface area contributed by atoms with E-state index in [4.69, 9.17) is 5.73 Å². The van der Waals surface area contributed by atoms with Crippen molar-refractivity contribution in [2.45, 2.75) is 19.9 Å². The molecule has 1 atom stereocenters. The molecule has 1 aromatic carbocycles. The van der Waals surface area contributed by atoms with Gasteiger partial charge in [-0.25, -0.2) is 4.39 Å². The fraction of sp³-hybridized carbons (Fsp3) is 0.455. The molecular formula is C11H17FN2.